The number of anilines is 1. The first-order valence-corrected chi connectivity index (χ1v) is 14.2. The average Bonchev–Trinajstić information content (AvgIpc) is 3.32. The summed E-state index contributed by atoms with van der Waals surface area (Å²) in [5, 5.41) is 5.76. The molecule has 3 aliphatic rings. The van der Waals surface area contributed by atoms with E-state index in [9.17, 15) is 18.0 Å². The van der Waals surface area contributed by atoms with Crippen molar-refractivity contribution in [3.63, 3.8) is 0 Å². The molecule has 2 aliphatic carbocycles. The molecule has 1 saturated carbocycles. The molecule has 10 heteroatoms. The molecular weight excluding hydrogens is 533 g/mol. The first-order chi connectivity index (χ1) is 19.7. The Morgan fingerprint density at radius 3 is 2.54 bits per heavy atom. The van der Waals surface area contributed by atoms with Gasteiger partial charge in [-0.05, 0) is 68.5 Å². The summed E-state index contributed by atoms with van der Waals surface area (Å²) in [7, 11) is 0. The topological polar surface area (TPSA) is 69.5 Å². The number of alkyl halides is 3. The van der Waals surface area contributed by atoms with Crippen LogP contribution in [-0.4, -0.2) is 59.8 Å². The zero-order valence-electron chi connectivity index (χ0n) is 23.2. The number of rotatable bonds is 6. The third-order valence-electron chi connectivity index (χ3n) is 8.30. The number of allylic oxidation sites excluding steroid dienone is 4. The van der Waals surface area contributed by atoms with E-state index >= 15 is 0 Å². The number of fused-ring (bicyclic) bond motifs is 1. The number of halogens is 3. The van der Waals surface area contributed by atoms with Crippen LogP contribution in [-0.2, 0) is 15.0 Å². The van der Waals surface area contributed by atoms with Gasteiger partial charge >= 0.3 is 12.1 Å². The molecule has 0 amide bonds. The number of ether oxygens (including phenoxy) is 2. The van der Waals surface area contributed by atoms with Crippen LogP contribution in [0.4, 0.5) is 18.9 Å². The Balaban J connectivity index is 1.55. The molecule has 0 bridgehead atoms. The van der Waals surface area contributed by atoms with Gasteiger partial charge in [0.25, 0.3) is 0 Å². The van der Waals surface area contributed by atoms with Gasteiger partial charge in [0.1, 0.15) is 0 Å². The van der Waals surface area contributed by atoms with Crippen molar-refractivity contribution in [2.45, 2.75) is 57.2 Å². The van der Waals surface area contributed by atoms with E-state index in [1.807, 2.05) is 12.1 Å². The molecule has 1 atom stereocenters. The minimum Gasteiger partial charge on any atom is -0.461 e. The van der Waals surface area contributed by atoms with Gasteiger partial charge in [-0.1, -0.05) is 30.7 Å². The first-order valence-electron chi connectivity index (χ1n) is 14.2. The van der Waals surface area contributed by atoms with Gasteiger partial charge in [-0.2, -0.15) is 18.3 Å². The number of carbonyl (C=O) groups excluding carboxylic acids is 1. The van der Waals surface area contributed by atoms with Crippen LogP contribution in [0.1, 0.15) is 61.6 Å². The Morgan fingerprint density at radius 2 is 1.90 bits per heavy atom. The van der Waals surface area contributed by atoms with E-state index in [1.54, 1.807) is 24.6 Å². The molecule has 216 valence electrons. The smallest absolute Gasteiger partial charge is 0.416 e. The second kappa shape index (κ2) is 10.6. The van der Waals surface area contributed by atoms with Crippen molar-refractivity contribution in [1.29, 1.82) is 0 Å². The van der Waals surface area contributed by atoms with Gasteiger partial charge in [0.2, 0.25) is 0 Å². The molecule has 6 rings (SSSR count). The maximum Gasteiger partial charge on any atom is 0.416 e. The number of esters is 1. The van der Waals surface area contributed by atoms with Gasteiger partial charge in [-0.25, -0.2) is 14.5 Å². The molecule has 0 radical (unpaired) electrons. The Kier molecular flexibility index (Phi) is 7.13. The fourth-order valence-corrected chi connectivity index (χ4v) is 5.87. The normalized spacial score (nSPS) is 21.6. The predicted molar refractivity (Wildman–Crippen MR) is 150 cm³/mol. The van der Waals surface area contributed by atoms with Gasteiger partial charge in [0.15, 0.2) is 11.3 Å². The Labute approximate surface area is 236 Å². The molecule has 0 spiro atoms. The van der Waals surface area contributed by atoms with Gasteiger partial charge in [0.05, 0.1) is 42.0 Å². The molecule has 2 fully saturated rings. The van der Waals surface area contributed by atoms with Crippen molar-refractivity contribution in [3.05, 3.63) is 65.5 Å². The van der Waals surface area contributed by atoms with Crippen molar-refractivity contribution < 1.29 is 27.4 Å². The van der Waals surface area contributed by atoms with Crippen LogP contribution in [0.3, 0.4) is 0 Å². The lowest BCUT2D eigenvalue weighted by atomic mass is 9.81. The van der Waals surface area contributed by atoms with Crippen molar-refractivity contribution in [2.24, 2.45) is 0 Å². The monoisotopic (exact) mass is 566 g/mol. The second-order valence-corrected chi connectivity index (χ2v) is 11.1. The van der Waals surface area contributed by atoms with Crippen molar-refractivity contribution in [2.75, 3.05) is 37.8 Å². The van der Waals surface area contributed by atoms with Gasteiger partial charge in [-0.3, -0.25) is 0 Å². The quantitative estimate of drug-likeness (QED) is 0.316. The number of hydrogen-bond donors (Lipinski definition) is 0. The fraction of sp³-hybridized carbons (Fsp3) is 0.452. The fourth-order valence-electron chi connectivity index (χ4n) is 5.87. The Hall–Kier alpha value is -3.66. The van der Waals surface area contributed by atoms with E-state index in [4.69, 9.17) is 19.6 Å². The van der Waals surface area contributed by atoms with E-state index < -0.39 is 23.3 Å². The SMILES string of the molecule is CCOC(=O)c1cc(-c2ccc(N3CCOCC3)cc2)c2c(C3CCC3)nn(C3(C)C=C(C(F)(F)F)C=CC3)c2n1. The maximum absolute atomic E-state index is 13.8. The highest BCUT2D eigenvalue weighted by atomic mass is 19.4. The minimum absolute atomic E-state index is 0.0999. The third kappa shape index (κ3) is 5.14. The molecule has 0 N–H and O–H groups in total. The highest BCUT2D eigenvalue weighted by Crippen LogP contribution is 2.45. The first kappa shape index (κ1) is 27.5. The summed E-state index contributed by atoms with van der Waals surface area (Å²) in [4.78, 5) is 20.0. The average molecular weight is 567 g/mol. The van der Waals surface area contributed by atoms with Crippen LogP contribution in [0, 0.1) is 0 Å². The van der Waals surface area contributed by atoms with Crippen molar-refractivity contribution in [3.8, 4) is 11.1 Å². The lowest BCUT2D eigenvalue weighted by molar-refractivity contribution is -0.0893. The maximum atomic E-state index is 13.8. The molecule has 1 aromatic carbocycles. The standard InChI is InChI=1S/C31H33F3N4O3/c1-3-41-29(39)25-18-24(20-9-11-23(12-10-20)37-14-16-40-17-15-37)26-27(21-6-4-7-21)36-38(28(26)35-25)30(2)13-5-8-22(19-30)31(32,33)34/h5,8-12,18-19,21H,3-4,6-7,13-17H2,1-2H3. The summed E-state index contributed by atoms with van der Waals surface area (Å²) >= 11 is 0. The van der Waals surface area contributed by atoms with Crippen LogP contribution in [0.5, 0.6) is 0 Å². The van der Waals surface area contributed by atoms with Crippen LogP contribution in [0.25, 0.3) is 22.2 Å². The number of benzene rings is 1. The van der Waals surface area contributed by atoms with Crippen LogP contribution in [0.2, 0.25) is 0 Å². The Morgan fingerprint density at radius 1 is 1.17 bits per heavy atom. The van der Waals surface area contributed by atoms with E-state index in [-0.39, 0.29) is 18.2 Å². The third-order valence-corrected chi connectivity index (χ3v) is 8.30. The van der Waals surface area contributed by atoms with Crippen LogP contribution >= 0.6 is 0 Å². The molecule has 3 aromatic rings. The van der Waals surface area contributed by atoms with Crippen molar-refractivity contribution >= 4 is 22.7 Å². The lowest BCUT2D eigenvalue weighted by Crippen LogP contribution is -2.36. The summed E-state index contributed by atoms with van der Waals surface area (Å²) in [6, 6.07) is 9.87. The number of pyridine rings is 1. The number of morpholine rings is 1. The number of carbonyl (C=O) groups is 1. The number of nitrogens with zero attached hydrogens (tertiary/aromatic N) is 4. The Bertz CT molecular complexity index is 1520. The summed E-state index contributed by atoms with van der Waals surface area (Å²) in [5.41, 5.74) is 2.18. The summed E-state index contributed by atoms with van der Waals surface area (Å²) in [6.45, 7) is 6.61. The summed E-state index contributed by atoms with van der Waals surface area (Å²) in [6.07, 6.45) is 2.63. The highest BCUT2D eigenvalue weighted by Gasteiger charge is 2.40. The molecule has 2 aromatic heterocycles. The molecule has 1 aliphatic heterocycles. The van der Waals surface area contributed by atoms with Crippen LogP contribution in [0.15, 0.2) is 54.1 Å². The van der Waals surface area contributed by atoms with Gasteiger partial charge in [0, 0.05) is 24.7 Å². The van der Waals surface area contributed by atoms with E-state index in [0.717, 1.165) is 66.3 Å². The largest absolute Gasteiger partial charge is 0.461 e. The summed E-state index contributed by atoms with van der Waals surface area (Å²) < 4.78 is 53.7. The predicted octanol–water partition coefficient (Wildman–Crippen LogP) is 6.54. The van der Waals surface area contributed by atoms with E-state index in [2.05, 4.69) is 17.0 Å². The molecule has 7 nitrogen and oxygen atoms in total. The highest BCUT2D eigenvalue weighted by molar-refractivity contribution is 6.00. The molecule has 3 heterocycles. The number of hydrogen-bond acceptors (Lipinski definition) is 6. The van der Waals surface area contributed by atoms with E-state index in [1.165, 1.54) is 12.2 Å². The van der Waals surface area contributed by atoms with Crippen LogP contribution < -0.4 is 4.90 Å². The number of aromatic nitrogens is 3. The zero-order valence-corrected chi connectivity index (χ0v) is 23.2. The van der Waals surface area contributed by atoms with E-state index in [0.29, 0.717) is 25.3 Å². The summed E-state index contributed by atoms with van der Waals surface area (Å²) in [5.74, 6) is -0.409. The molecule has 1 saturated heterocycles. The second-order valence-electron chi connectivity index (χ2n) is 11.1. The molecule has 41 heavy (non-hydrogen) atoms. The molecule has 1 unspecified atom stereocenters. The molecular formula is C31H33F3N4O3. The zero-order chi connectivity index (χ0) is 28.8. The minimum atomic E-state index is -4.49. The van der Waals surface area contributed by atoms with Crippen molar-refractivity contribution in [1.82, 2.24) is 14.8 Å². The lowest BCUT2D eigenvalue weighted by Gasteiger charge is -2.30. The van der Waals surface area contributed by atoms with Gasteiger partial charge in [-0.15, -0.1) is 0 Å². The van der Waals surface area contributed by atoms with Gasteiger partial charge < -0.3 is 14.4 Å².